The minimum Gasteiger partial charge on any atom is -0.462 e. The maximum absolute atomic E-state index is 13.2. The summed E-state index contributed by atoms with van der Waals surface area (Å²) in [5, 5.41) is 0. The van der Waals surface area contributed by atoms with Crippen molar-refractivity contribution in [1.82, 2.24) is 0 Å². The van der Waals surface area contributed by atoms with E-state index in [4.69, 9.17) is 0 Å². The second kappa shape index (κ2) is 6.74. The molecule has 0 unspecified atom stereocenters. The molecule has 106 valence electrons. The van der Waals surface area contributed by atoms with Crippen LogP contribution in [0.1, 0.15) is 16.8 Å². The van der Waals surface area contributed by atoms with Gasteiger partial charge in [-0.25, -0.2) is 26.7 Å². The van der Waals surface area contributed by atoms with Crippen LogP contribution in [-0.4, -0.2) is 24.6 Å². The quantitative estimate of drug-likeness (QED) is 0.274. The van der Waals surface area contributed by atoms with Gasteiger partial charge in [-0.15, -0.1) is 0 Å². The standard InChI is InChI=1S/C11H9F5O2S/c1-19-4-2-3-18-11(17)5-6(12)8(14)10(16)9(15)7(5)13/h2-4H2,1H3. The molecule has 0 saturated heterocycles. The number of carbonyl (C=O) groups is 1. The van der Waals surface area contributed by atoms with Gasteiger partial charge in [-0.3, -0.25) is 0 Å². The fraction of sp³-hybridized carbons (Fsp3) is 0.364. The molecule has 0 bridgehead atoms. The van der Waals surface area contributed by atoms with Crippen LogP contribution in [0.15, 0.2) is 0 Å². The number of carbonyl (C=O) groups excluding carboxylic acids is 1. The normalized spacial score (nSPS) is 10.6. The Bertz CT molecular complexity index is 463. The minimum atomic E-state index is -2.31. The van der Waals surface area contributed by atoms with Gasteiger partial charge in [0.15, 0.2) is 23.3 Å². The van der Waals surface area contributed by atoms with Gasteiger partial charge in [0.1, 0.15) is 5.56 Å². The number of benzene rings is 1. The molecule has 0 spiro atoms. The fourth-order valence-electron chi connectivity index (χ4n) is 1.22. The molecule has 1 aromatic rings. The van der Waals surface area contributed by atoms with Crippen LogP contribution >= 0.6 is 11.8 Å². The molecule has 0 radical (unpaired) electrons. The van der Waals surface area contributed by atoms with Gasteiger partial charge in [-0.1, -0.05) is 0 Å². The summed E-state index contributed by atoms with van der Waals surface area (Å²) in [5.41, 5.74) is -1.57. The highest BCUT2D eigenvalue weighted by Gasteiger charge is 2.30. The molecule has 0 aliphatic carbocycles. The molecule has 0 N–H and O–H groups in total. The van der Waals surface area contributed by atoms with Gasteiger partial charge in [-0.05, 0) is 18.4 Å². The molecule has 1 aromatic carbocycles. The lowest BCUT2D eigenvalue weighted by Crippen LogP contribution is -2.16. The zero-order chi connectivity index (χ0) is 14.6. The maximum Gasteiger partial charge on any atom is 0.344 e. The second-order valence-electron chi connectivity index (χ2n) is 3.43. The van der Waals surface area contributed by atoms with Gasteiger partial charge < -0.3 is 4.74 Å². The molecule has 0 amide bonds. The monoisotopic (exact) mass is 300 g/mol. The third kappa shape index (κ3) is 3.37. The fourth-order valence-corrected chi connectivity index (χ4v) is 1.63. The van der Waals surface area contributed by atoms with Crippen LogP contribution in [-0.2, 0) is 4.74 Å². The van der Waals surface area contributed by atoms with E-state index in [0.29, 0.717) is 12.2 Å². The Hall–Kier alpha value is -1.31. The Morgan fingerprint density at radius 3 is 1.95 bits per heavy atom. The van der Waals surface area contributed by atoms with Gasteiger partial charge in [0.2, 0.25) is 5.82 Å². The summed E-state index contributed by atoms with van der Waals surface area (Å²) in [6.45, 7) is -0.167. The van der Waals surface area contributed by atoms with Crippen molar-refractivity contribution in [1.29, 1.82) is 0 Å². The summed E-state index contributed by atoms with van der Waals surface area (Å²) in [7, 11) is 0. The SMILES string of the molecule is CSCCCOC(=O)c1c(F)c(F)c(F)c(F)c1F. The first-order valence-electron chi connectivity index (χ1n) is 5.09. The molecule has 0 atom stereocenters. The van der Waals surface area contributed by atoms with E-state index in [9.17, 15) is 26.7 Å². The number of thioether (sulfide) groups is 1. The Labute approximate surface area is 109 Å². The molecular weight excluding hydrogens is 291 g/mol. The smallest absolute Gasteiger partial charge is 0.344 e. The Morgan fingerprint density at radius 2 is 1.47 bits per heavy atom. The average molecular weight is 300 g/mol. The van der Waals surface area contributed by atoms with Crippen molar-refractivity contribution in [3.63, 3.8) is 0 Å². The van der Waals surface area contributed by atoms with Crippen molar-refractivity contribution in [2.24, 2.45) is 0 Å². The van der Waals surface area contributed by atoms with Crippen LogP contribution in [0.25, 0.3) is 0 Å². The van der Waals surface area contributed by atoms with Crippen LogP contribution in [0.4, 0.5) is 22.0 Å². The molecule has 0 aliphatic heterocycles. The third-order valence-electron chi connectivity index (χ3n) is 2.14. The predicted octanol–water partition coefficient (Wildman–Crippen LogP) is 3.29. The van der Waals surface area contributed by atoms with Crippen LogP contribution < -0.4 is 0 Å². The highest BCUT2D eigenvalue weighted by atomic mass is 32.2. The second-order valence-corrected chi connectivity index (χ2v) is 4.41. The molecular formula is C11H9F5O2S. The summed E-state index contributed by atoms with van der Waals surface area (Å²) >= 11 is 1.45. The lowest BCUT2D eigenvalue weighted by atomic mass is 10.1. The summed E-state index contributed by atoms with van der Waals surface area (Å²) in [6, 6.07) is 0. The number of hydrogen-bond donors (Lipinski definition) is 0. The first kappa shape index (κ1) is 15.7. The van der Waals surface area contributed by atoms with E-state index >= 15 is 0 Å². The summed E-state index contributed by atoms with van der Waals surface area (Å²) in [5.74, 6) is -12.0. The number of esters is 1. The van der Waals surface area contributed by atoms with Crippen molar-refractivity contribution in [3.8, 4) is 0 Å². The number of rotatable bonds is 5. The molecule has 0 aliphatic rings. The number of halogens is 5. The molecule has 2 nitrogen and oxygen atoms in total. The number of ether oxygens (including phenoxy) is 1. The predicted molar refractivity (Wildman–Crippen MR) is 59.5 cm³/mol. The van der Waals surface area contributed by atoms with Gasteiger partial charge in [0, 0.05) is 0 Å². The zero-order valence-electron chi connectivity index (χ0n) is 9.74. The van der Waals surface area contributed by atoms with Crippen molar-refractivity contribution in [2.75, 3.05) is 18.6 Å². The van der Waals surface area contributed by atoms with Crippen LogP contribution in [0, 0.1) is 29.1 Å². The van der Waals surface area contributed by atoms with Crippen molar-refractivity contribution >= 4 is 17.7 Å². The van der Waals surface area contributed by atoms with Crippen LogP contribution in [0.5, 0.6) is 0 Å². The Morgan fingerprint density at radius 1 is 1.00 bits per heavy atom. The van der Waals surface area contributed by atoms with Crippen LogP contribution in [0.2, 0.25) is 0 Å². The topological polar surface area (TPSA) is 26.3 Å². The third-order valence-corrected chi connectivity index (χ3v) is 2.84. The highest BCUT2D eigenvalue weighted by molar-refractivity contribution is 7.98. The maximum atomic E-state index is 13.2. The molecule has 0 fully saturated rings. The largest absolute Gasteiger partial charge is 0.462 e. The highest BCUT2D eigenvalue weighted by Crippen LogP contribution is 2.23. The zero-order valence-corrected chi connectivity index (χ0v) is 10.6. The minimum absolute atomic E-state index is 0.167. The summed E-state index contributed by atoms with van der Waals surface area (Å²) < 4.78 is 69.3. The van der Waals surface area contributed by atoms with Crippen molar-refractivity contribution in [2.45, 2.75) is 6.42 Å². The molecule has 0 heterocycles. The van der Waals surface area contributed by atoms with Gasteiger partial charge in [-0.2, -0.15) is 11.8 Å². The summed E-state index contributed by atoms with van der Waals surface area (Å²) in [4.78, 5) is 11.3. The molecule has 8 heteroatoms. The van der Waals surface area contributed by atoms with Crippen molar-refractivity contribution < 1.29 is 31.5 Å². The van der Waals surface area contributed by atoms with E-state index < -0.39 is 40.6 Å². The molecule has 0 saturated carbocycles. The molecule has 0 aromatic heterocycles. The van der Waals surface area contributed by atoms with Crippen LogP contribution in [0.3, 0.4) is 0 Å². The van der Waals surface area contributed by atoms with Gasteiger partial charge in [0.25, 0.3) is 0 Å². The lowest BCUT2D eigenvalue weighted by molar-refractivity contribution is 0.0491. The van der Waals surface area contributed by atoms with E-state index in [-0.39, 0.29) is 6.61 Å². The average Bonchev–Trinajstić information content (AvgIpc) is 2.39. The Balaban J connectivity index is 2.97. The number of hydrogen-bond acceptors (Lipinski definition) is 3. The first-order chi connectivity index (χ1) is 8.91. The van der Waals surface area contributed by atoms with E-state index in [1.165, 1.54) is 11.8 Å². The van der Waals surface area contributed by atoms with E-state index in [1.54, 1.807) is 6.26 Å². The Kier molecular flexibility index (Phi) is 5.59. The van der Waals surface area contributed by atoms with Crippen molar-refractivity contribution in [3.05, 3.63) is 34.6 Å². The first-order valence-corrected chi connectivity index (χ1v) is 6.48. The van der Waals surface area contributed by atoms with E-state index in [2.05, 4.69) is 4.74 Å². The van der Waals surface area contributed by atoms with Gasteiger partial charge in [0.05, 0.1) is 6.61 Å². The van der Waals surface area contributed by atoms with Gasteiger partial charge >= 0.3 is 5.97 Å². The molecule has 19 heavy (non-hydrogen) atoms. The lowest BCUT2D eigenvalue weighted by Gasteiger charge is -2.08. The van der Waals surface area contributed by atoms with E-state index in [0.717, 1.165) is 0 Å². The summed E-state index contributed by atoms with van der Waals surface area (Å²) in [6.07, 6.45) is 2.20. The molecule has 1 rings (SSSR count). The van der Waals surface area contributed by atoms with E-state index in [1.807, 2.05) is 0 Å².